The van der Waals surface area contributed by atoms with Crippen LogP contribution in [-0.2, 0) is 5.88 Å². The number of halogens is 5. The second-order valence-corrected chi connectivity index (χ2v) is 5.52. The maximum Gasteiger partial charge on any atom is 0.391 e. The highest BCUT2D eigenvalue weighted by atomic mass is 79.9. The smallest absolute Gasteiger partial charge is 0.324 e. The molecule has 1 atom stereocenters. The van der Waals surface area contributed by atoms with Crippen molar-refractivity contribution in [3.8, 4) is 0 Å². The zero-order valence-electron chi connectivity index (χ0n) is 10.0. The Balaban J connectivity index is 2.51. The second kappa shape index (κ2) is 5.32. The molecule has 0 fully saturated rings. The lowest BCUT2D eigenvalue weighted by molar-refractivity contribution is -0.141. The van der Waals surface area contributed by atoms with E-state index < -0.39 is 18.6 Å². The first-order chi connectivity index (χ1) is 8.81. The zero-order chi connectivity index (χ0) is 14.2. The van der Waals surface area contributed by atoms with E-state index in [1.807, 2.05) is 0 Å². The Hall–Kier alpha value is -0.750. The fourth-order valence-electron chi connectivity index (χ4n) is 2.13. The van der Waals surface area contributed by atoms with Crippen LogP contribution in [-0.4, -0.2) is 15.7 Å². The van der Waals surface area contributed by atoms with E-state index in [1.165, 1.54) is 6.92 Å². The van der Waals surface area contributed by atoms with E-state index in [0.717, 1.165) is 4.47 Å². The van der Waals surface area contributed by atoms with E-state index in [2.05, 4.69) is 20.9 Å². The van der Waals surface area contributed by atoms with Crippen molar-refractivity contribution >= 4 is 38.6 Å². The summed E-state index contributed by atoms with van der Waals surface area (Å²) in [6, 6.07) is 4.55. The molecule has 0 aliphatic rings. The molecule has 0 spiro atoms. The average Bonchev–Trinajstić information content (AvgIpc) is 2.63. The number of aromatic nitrogens is 2. The molecule has 0 saturated heterocycles. The standard InChI is InChI=1S/C12H11BrClF3N2/c1-7(5-12(15,16)17)19-10-3-2-8(13)4-9(10)18-11(19)6-14/h2-4,7H,5-6H2,1H3. The lowest BCUT2D eigenvalue weighted by atomic mass is 10.2. The van der Waals surface area contributed by atoms with Crippen molar-refractivity contribution in [1.82, 2.24) is 9.55 Å². The number of fused-ring (bicyclic) bond motifs is 1. The van der Waals surface area contributed by atoms with Crippen LogP contribution in [0.4, 0.5) is 13.2 Å². The maximum atomic E-state index is 12.5. The minimum absolute atomic E-state index is 0.0779. The molecule has 1 aromatic carbocycles. The van der Waals surface area contributed by atoms with Crippen molar-refractivity contribution in [2.24, 2.45) is 0 Å². The summed E-state index contributed by atoms with van der Waals surface area (Å²) in [5.41, 5.74) is 1.30. The highest BCUT2D eigenvalue weighted by molar-refractivity contribution is 9.10. The fourth-order valence-corrected chi connectivity index (χ4v) is 2.67. The van der Waals surface area contributed by atoms with E-state index in [9.17, 15) is 13.2 Å². The molecule has 1 unspecified atom stereocenters. The largest absolute Gasteiger partial charge is 0.391 e. The number of imidazole rings is 1. The average molecular weight is 356 g/mol. The first-order valence-corrected chi connectivity index (χ1v) is 6.93. The van der Waals surface area contributed by atoms with Crippen molar-refractivity contribution in [2.75, 3.05) is 0 Å². The lowest BCUT2D eigenvalue weighted by Crippen LogP contribution is -2.17. The van der Waals surface area contributed by atoms with Gasteiger partial charge in [-0.15, -0.1) is 11.6 Å². The maximum absolute atomic E-state index is 12.5. The summed E-state index contributed by atoms with van der Waals surface area (Å²) in [4.78, 5) is 4.28. The minimum atomic E-state index is -4.21. The molecule has 0 radical (unpaired) electrons. The SMILES string of the molecule is CC(CC(F)(F)F)n1c(CCl)nc2cc(Br)ccc21. The third-order valence-electron chi connectivity index (χ3n) is 2.81. The predicted octanol–water partition coefficient (Wildman–Crippen LogP) is 5.05. The van der Waals surface area contributed by atoms with Crippen molar-refractivity contribution in [3.63, 3.8) is 0 Å². The van der Waals surface area contributed by atoms with Gasteiger partial charge in [0.05, 0.1) is 23.3 Å². The van der Waals surface area contributed by atoms with Crippen molar-refractivity contribution in [1.29, 1.82) is 0 Å². The molecule has 7 heteroatoms. The normalized spacial score (nSPS) is 14.0. The number of rotatable bonds is 3. The Morgan fingerprint density at radius 1 is 1.42 bits per heavy atom. The highest BCUT2D eigenvalue weighted by Gasteiger charge is 2.32. The van der Waals surface area contributed by atoms with Gasteiger partial charge in [-0.2, -0.15) is 13.2 Å². The van der Waals surface area contributed by atoms with Gasteiger partial charge in [0.2, 0.25) is 0 Å². The van der Waals surface area contributed by atoms with Crippen LogP contribution in [0.5, 0.6) is 0 Å². The van der Waals surface area contributed by atoms with Crippen LogP contribution in [0.3, 0.4) is 0 Å². The molecule has 0 saturated carbocycles. The molecule has 0 bridgehead atoms. The molecular weight excluding hydrogens is 344 g/mol. The first kappa shape index (κ1) is 14.7. The summed E-state index contributed by atoms with van der Waals surface area (Å²) >= 11 is 9.09. The Kier molecular flexibility index (Phi) is 4.11. The zero-order valence-corrected chi connectivity index (χ0v) is 12.3. The Bertz CT molecular complexity index is 594. The van der Waals surface area contributed by atoms with Gasteiger partial charge in [0, 0.05) is 10.5 Å². The number of hydrogen-bond acceptors (Lipinski definition) is 1. The first-order valence-electron chi connectivity index (χ1n) is 5.61. The van der Waals surface area contributed by atoms with Gasteiger partial charge in [-0.05, 0) is 25.1 Å². The number of benzene rings is 1. The number of nitrogens with zero attached hydrogens (tertiary/aromatic N) is 2. The van der Waals surface area contributed by atoms with Crippen molar-refractivity contribution in [3.05, 3.63) is 28.5 Å². The van der Waals surface area contributed by atoms with Crippen LogP contribution in [0.1, 0.15) is 25.2 Å². The van der Waals surface area contributed by atoms with Gasteiger partial charge in [-0.25, -0.2) is 4.98 Å². The van der Waals surface area contributed by atoms with Crippen LogP contribution in [0.15, 0.2) is 22.7 Å². The van der Waals surface area contributed by atoms with Crippen LogP contribution in [0, 0.1) is 0 Å². The van der Waals surface area contributed by atoms with Gasteiger partial charge >= 0.3 is 6.18 Å². The summed E-state index contributed by atoms with van der Waals surface area (Å²) < 4.78 is 40.0. The molecule has 1 heterocycles. The van der Waals surface area contributed by atoms with Crippen LogP contribution in [0.2, 0.25) is 0 Å². The van der Waals surface area contributed by atoms with Crippen LogP contribution in [0.25, 0.3) is 11.0 Å². The summed E-state index contributed by atoms with van der Waals surface area (Å²) in [5, 5.41) is 0. The quantitative estimate of drug-likeness (QED) is 0.704. The van der Waals surface area contributed by atoms with E-state index in [4.69, 9.17) is 11.6 Å². The van der Waals surface area contributed by atoms with Crippen LogP contribution >= 0.6 is 27.5 Å². The number of hydrogen-bond donors (Lipinski definition) is 0. The van der Waals surface area contributed by atoms with Gasteiger partial charge in [0.25, 0.3) is 0 Å². The van der Waals surface area contributed by atoms with Crippen molar-refractivity contribution in [2.45, 2.75) is 31.4 Å². The highest BCUT2D eigenvalue weighted by Crippen LogP contribution is 2.32. The van der Waals surface area contributed by atoms with E-state index >= 15 is 0 Å². The van der Waals surface area contributed by atoms with Crippen molar-refractivity contribution < 1.29 is 13.2 Å². The summed E-state index contributed by atoms with van der Waals surface area (Å²) in [6.45, 7) is 1.52. The van der Waals surface area contributed by atoms with Crippen LogP contribution < -0.4 is 0 Å². The predicted molar refractivity (Wildman–Crippen MR) is 72.4 cm³/mol. The molecule has 2 nitrogen and oxygen atoms in total. The van der Waals surface area contributed by atoms with Gasteiger partial charge < -0.3 is 4.57 Å². The molecule has 2 aromatic rings. The molecule has 104 valence electrons. The Labute approximate surface area is 121 Å². The third-order valence-corrected chi connectivity index (χ3v) is 3.54. The second-order valence-electron chi connectivity index (χ2n) is 4.33. The topological polar surface area (TPSA) is 17.8 Å². The number of alkyl halides is 4. The minimum Gasteiger partial charge on any atom is -0.324 e. The molecule has 0 aliphatic carbocycles. The van der Waals surface area contributed by atoms with Gasteiger partial charge in [-0.3, -0.25) is 0 Å². The van der Waals surface area contributed by atoms with E-state index in [-0.39, 0.29) is 5.88 Å². The summed E-state index contributed by atoms with van der Waals surface area (Å²) in [6.07, 6.45) is -5.12. The third kappa shape index (κ3) is 3.23. The molecule has 2 rings (SSSR count). The lowest BCUT2D eigenvalue weighted by Gasteiger charge is -2.18. The molecular formula is C12H11BrClF3N2. The molecule has 0 amide bonds. The van der Waals surface area contributed by atoms with E-state index in [0.29, 0.717) is 16.9 Å². The Morgan fingerprint density at radius 2 is 2.11 bits per heavy atom. The molecule has 0 aliphatic heterocycles. The molecule has 0 N–H and O–H groups in total. The monoisotopic (exact) mass is 354 g/mol. The Morgan fingerprint density at radius 3 is 2.68 bits per heavy atom. The van der Waals surface area contributed by atoms with E-state index in [1.54, 1.807) is 22.8 Å². The fraction of sp³-hybridized carbons (Fsp3) is 0.417. The van der Waals surface area contributed by atoms with Gasteiger partial charge in [0.15, 0.2) is 0 Å². The summed E-state index contributed by atoms with van der Waals surface area (Å²) in [7, 11) is 0. The molecule has 1 aromatic heterocycles. The van der Waals surface area contributed by atoms with Gasteiger partial charge in [-0.1, -0.05) is 15.9 Å². The van der Waals surface area contributed by atoms with Gasteiger partial charge in [0.1, 0.15) is 5.82 Å². The summed E-state index contributed by atoms with van der Waals surface area (Å²) in [5.74, 6) is 0.528. The molecule has 19 heavy (non-hydrogen) atoms.